The Bertz CT molecular complexity index is 448. The fourth-order valence-corrected chi connectivity index (χ4v) is 4.29. The molecule has 1 heterocycles. The summed E-state index contributed by atoms with van der Waals surface area (Å²) in [5, 5.41) is 5.11. The first-order chi connectivity index (χ1) is 9.40. The van der Waals surface area contributed by atoms with Gasteiger partial charge in [-0.2, -0.15) is 0 Å². The van der Waals surface area contributed by atoms with Crippen LogP contribution in [0.4, 0.5) is 5.69 Å². The van der Waals surface area contributed by atoms with E-state index >= 15 is 0 Å². The monoisotopic (exact) mass is 292 g/mol. The molecule has 1 saturated heterocycles. The van der Waals surface area contributed by atoms with E-state index in [4.69, 9.17) is 4.74 Å². The van der Waals surface area contributed by atoms with Crippen molar-refractivity contribution in [3.05, 3.63) is 18.2 Å². The van der Waals surface area contributed by atoms with Gasteiger partial charge in [-0.3, -0.25) is 0 Å². The normalized spacial score (nSPS) is 18.1. The SMILES string of the molecule is COc1ccc(NC2CCN(C)CC2)cc1[Si](C)(C)C. The predicted molar refractivity (Wildman–Crippen MR) is 90.1 cm³/mol. The van der Waals surface area contributed by atoms with E-state index in [1.807, 2.05) is 0 Å². The highest BCUT2D eigenvalue weighted by atomic mass is 28.3. The molecular weight excluding hydrogens is 264 g/mol. The Labute approximate surface area is 124 Å². The van der Waals surface area contributed by atoms with E-state index in [0.717, 1.165) is 5.75 Å². The summed E-state index contributed by atoms with van der Waals surface area (Å²) in [7, 11) is 2.59. The second-order valence-corrected chi connectivity index (χ2v) is 11.9. The largest absolute Gasteiger partial charge is 0.497 e. The molecule has 1 aliphatic heterocycles. The van der Waals surface area contributed by atoms with Crippen LogP contribution in [-0.2, 0) is 0 Å². The van der Waals surface area contributed by atoms with Gasteiger partial charge in [0.15, 0.2) is 0 Å². The van der Waals surface area contributed by atoms with E-state index < -0.39 is 8.07 Å². The zero-order chi connectivity index (χ0) is 14.8. The van der Waals surface area contributed by atoms with E-state index in [1.165, 1.54) is 36.8 Å². The second-order valence-electron chi connectivity index (χ2n) is 6.89. The highest BCUT2D eigenvalue weighted by molar-refractivity contribution is 6.89. The number of hydrogen-bond acceptors (Lipinski definition) is 3. The maximum absolute atomic E-state index is 5.53. The molecule has 0 bridgehead atoms. The molecule has 4 heteroatoms. The standard InChI is InChI=1S/C16H28N2OSi/c1-18-10-8-13(9-11-18)17-14-6-7-15(19-2)16(12-14)20(3,4)5/h6-7,12-13,17H,8-11H2,1-5H3. The Morgan fingerprint density at radius 1 is 1.20 bits per heavy atom. The summed E-state index contributed by atoms with van der Waals surface area (Å²) in [5.41, 5.74) is 1.25. The molecule has 0 aliphatic carbocycles. The molecule has 112 valence electrons. The van der Waals surface area contributed by atoms with Crippen LogP contribution in [-0.4, -0.2) is 46.3 Å². The van der Waals surface area contributed by atoms with Gasteiger partial charge in [0, 0.05) is 11.7 Å². The average molecular weight is 292 g/mol. The second kappa shape index (κ2) is 6.18. The van der Waals surface area contributed by atoms with Gasteiger partial charge in [0.25, 0.3) is 0 Å². The number of benzene rings is 1. The summed E-state index contributed by atoms with van der Waals surface area (Å²) in [5.74, 6) is 1.04. The third-order valence-corrected chi connectivity index (χ3v) is 6.10. The minimum absolute atomic E-state index is 0.606. The van der Waals surface area contributed by atoms with Crippen molar-refractivity contribution < 1.29 is 4.74 Å². The lowest BCUT2D eigenvalue weighted by Gasteiger charge is -2.30. The first-order valence-corrected chi connectivity index (χ1v) is 11.0. The van der Waals surface area contributed by atoms with Gasteiger partial charge in [-0.05, 0) is 56.4 Å². The lowest BCUT2D eigenvalue weighted by molar-refractivity contribution is 0.264. The quantitative estimate of drug-likeness (QED) is 0.864. The van der Waals surface area contributed by atoms with Crippen LogP contribution in [0, 0.1) is 0 Å². The number of piperidine rings is 1. The van der Waals surface area contributed by atoms with Crippen LogP contribution >= 0.6 is 0 Å². The fourth-order valence-electron chi connectivity index (χ4n) is 2.77. The smallest absolute Gasteiger partial charge is 0.118 e. The Morgan fingerprint density at radius 2 is 1.85 bits per heavy atom. The molecule has 1 aromatic rings. The maximum atomic E-state index is 5.53. The molecule has 0 spiro atoms. The lowest BCUT2D eigenvalue weighted by atomic mass is 10.1. The maximum Gasteiger partial charge on any atom is 0.118 e. The molecule has 1 aliphatic rings. The molecular formula is C16H28N2OSi. The van der Waals surface area contributed by atoms with E-state index in [2.05, 4.69) is 55.1 Å². The molecule has 0 radical (unpaired) electrons. The van der Waals surface area contributed by atoms with Crippen LogP contribution in [0.3, 0.4) is 0 Å². The number of nitrogens with one attached hydrogen (secondary N) is 1. The highest BCUT2D eigenvalue weighted by Gasteiger charge is 2.22. The van der Waals surface area contributed by atoms with Crippen molar-refractivity contribution in [2.75, 3.05) is 32.6 Å². The Balaban J connectivity index is 2.13. The number of likely N-dealkylation sites (tertiary alicyclic amines) is 1. The number of rotatable bonds is 4. The number of hydrogen-bond donors (Lipinski definition) is 1. The molecule has 20 heavy (non-hydrogen) atoms. The van der Waals surface area contributed by atoms with Crippen molar-refractivity contribution in [2.45, 2.75) is 38.5 Å². The molecule has 1 aromatic carbocycles. The van der Waals surface area contributed by atoms with Gasteiger partial charge in [0.05, 0.1) is 15.2 Å². The van der Waals surface area contributed by atoms with Gasteiger partial charge in [-0.25, -0.2) is 0 Å². The summed E-state index contributed by atoms with van der Waals surface area (Å²) < 4.78 is 5.53. The number of ether oxygens (including phenoxy) is 1. The lowest BCUT2D eigenvalue weighted by Crippen LogP contribution is -2.39. The first kappa shape index (κ1) is 15.4. The van der Waals surface area contributed by atoms with E-state index in [0.29, 0.717) is 6.04 Å². The predicted octanol–water partition coefficient (Wildman–Crippen LogP) is 2.75. The van der Waals surface area contributed by atoms with Crippen molar-refractivity contribution in [1.29, 1.82) is 0 Å². The van der Waals surface area contributed by atoms with Crippen molar-refractivity contribution in [3.8, 4) is 5.75 Å². The fraction of sp³-hybridized carbons (Fsp3) is 0.625. The molecule has 0 aromatic heterocycles. The van der Waals surface area contributed by atoms with Crippen LogP contribution in [0.15, 0.2) is 18.2 Å². The molecule has 3 nitrogen and oxygen atoms in total. The number of nitrogens with zero attached hydrogens (tertiary/aromatic N) is 1. The molecule has 0 atom stereocenters. The first-order valence-electron chi connectivity index (χ1n) is 7.54. The summed E-state index contributed by atoms with van der Waals surface area (Å²) >= 11 is 0. The van der Waals surface area contributed by atoms with Crippen LogP contribution < -0.4 is 15.2 Å². The van der Waals surface area contributed by atoms with Gasteiger partial charge >= 0.3 is 0 Å². The van der Waals surface area contributed by atoms with Crippen LogP contribution in [0.25, 0.3) is 0 Å². The van der Waals surface area contributed by atoms with E-state index in [1.54, 1.807) is 7.11 Å². The van der Waals surface area contributed by atoms with Gasteiger partial charge in [-0.15, -0.1) is 0 Å². The van der Waals surface area contributed by atoms with Crippen LogP contribution in [0.5, 0.6) is 5.75 Å². The highest BCUT2D eigenvalue weighted by Crippen LogP contribution is 2.21. The topological polar surface area (TPSA) is 24.5 Å². The molecule has 1 N–H and O–H groups in total. The molecule has 2 rings (SSSR count). The van der Waals surface area contributed by atoms with Crippen molar-refractivity contribution in [3.63, 3.8) is 0 Å². The van der Waals surface area contributed by atoms with Crippen molar-refractivity contribution >= 4 is 18.9 Å². The summed E-state index contributed by atoms with van der Waals surface area (Å²) in [6, 6.07) is 7.18. The van der Waals surface area contributed by atoms with Gasteiger partial charge in [0.1, 0.15) is 5.75 Å². The van der Waals surface area contributed by atoms with Crippen LogP contribution in [0.2, 0.25) is 19.6 Å². The zero-order valence-electron chi connectivity index (χ0n) is 13.5. The molecule has 0 saturated carbocycles. The molecule has 0 amide bonds. The Kier molecular flexibility index (Phi) is 4.76. The van der Waals surface area contributed by atoms with Crippen molar-refractivity contribution in [2.24, 2.45) is 0 Å². The van der Waals surface area contributed by atoms with Crippen molar-refractivity contribution in [1.82, 2.24) is 4.90 Å². The van der Waals surface area contributed by atoms with E-state index in [-0.39, 0.29) is 0 Å². The minimum Gasteiger partial charge on any atom is -0.497 e. The van der Waals surface area contributed by atoms with Gasteiger partial charge in [-0.1, -0.05) is 19.6 Å². The minimum atomic E-state index is -1.38. The molecule has 0 unspecified atom stereocenters. The summed E-state index contributed by atoms with van der Waals surface area (Å²) in [6.07, 6.45) is 2.45. The Hall–Kier alpha value is -1.00. The number of anilines is 1. The Morgan fingerprint density at radius 3 is 2.40 bits per heavy atom. The van der Waals surface area contributed by atoms with Gasteiger partial charge in [0.2, 0.25) is 0 Å². The summed E-state index contributed by atoms with van der Waals surface area (Å²) in [4.78, 5) is 2.40. The van der Waals surface area contributed by atoms with Gasteiger partial charge < -0.3 is 15.0 Å². The number of methoxy groups -OCH3 is 1. The third kappa shape index (κ3) is 3.76. The third-order valence-electron chi connectivity index (χ3n) is 4.10. The van der Waals surface area contributed by atoms with E-state index in [9.17, 15) is 0 Å². The van der Waals surface area contributed by atoms with Crippen LogP contribution in [0.1, 0.15) is 12.8 Å². The molecule has 1 fully saturated rings. The average Bonchev–Trinajstić information content (AvgIpc) is 2.40. The zero-order valence-corrected chi connectivity index (χ0v) is 14.5. The summed E-state index contributed by atoms with van der Waals surface area (Å²) in [6.45, 7) is 9.47.